The first-order valence-electron chi connectivity index (χ1n) is 6.92. The van der Waals surface area contributed by atoms with E-state index in [0.29, 0.717) is 0 Å². The summed E-state index contributed by atoms with van der Waals surface area (Å²) >= 11 is 0. The molecule has 0 aliphatic carbocycles. The molecule has 0 amide bonds. The molecule has 0 bridgehead atoms. The van der Waals surface area contributed by atoms with Gasteiger partial charge in [0.2, 0.25) is 0 Å². The zero-order chi connectivity index (χ0) is 14.0. The average molecular weight is 272 g/mol. The Balaban J connectivity index is 1.84. The van der Waals surface area contributed by atoms with Crippen LogP contribution in [0.2, 0.25) is 0 Å². The summed E-state index contributed by atoms with van der Waals surface area (Å²) in [5.41, 5.74) is 2.30. The van der Waals surface area contributed by atoms with Crippen molar-refractivity contribution in [3.05, 3.63) is 36.8 Å². The van der Waals surface area contributed by atoms with Crippen LogP contribution in [0.4, 0.5) is 0 Å². The van der Waals surface area contributed by atoms with E-state index in [1.54, 1.807) is 0 Å². The molecule has 0 aromatic carbocycles. The number of morpholine rings is 1. The molecule has 3 rings (SSSR count). The molecule has 0 N–H and O–H groups in total. The smallest absolute Gasteiger partial charge is 0.0941 e. The number of rotatable bonds is 3. The van der Waals surface area contributed by atoms with Crippen molar-refractivity contribution >= 4 is 0 Å². The van der Waals surface area contributed by atoms with Gasteiger partial charge < -0.3 is 4.74 Å². The molecule has 1 aliphatic rings. The summed E-state index contributed by atoms with van der Waals surface area (Å²) in [5.74, 6) is 0. The molecule has 3 heterocycles. The Morgan fingerprint density at radius 2 is 2.00 bits per heavy atom. The van der Waals surface area contributed by atoms with E-state index >= 15 is 0 Å². The maximum atomic E-state index is 5.57. The van der Waals surface area contributed by atoms with Gasteiger partial charge in [-0.2, -0.15) is 5.10 Å². The first kappa shape index (κ1) is 13.3. The summed E-state index contributed by atoms with van der Waals surface area (Å²) in [6, 6.07) is 6.07. The molecule has 5 heteroatoms. The third-order valence-electron chi connectivity index (χ3n) is 3.81. The molecule has 0 atom stereocenters. The van der Waals surface area contributed by atoms with Crippen molar-refractivity contribution in [2.24, 2.45) is 0 Å². The van der Waals surface area contributed by atoms with Gasteiger partial charge in [0, 0.05) is 36.2 Å². The topological polar surface area (TPSA) is 43.2 Å². The monoisotopic (exact) mass is 272 g/mol. The highest BCUT2D eigenvalue weighted by molar-refractivity contribution is 5.58. The lowest BCUT2D eigenvalue weighted by Gasteiger charge is -2.42. The van der Waals surface area contributed by atoms with Crippen LogP contribution < -0.4 is 0 Å². The average Bonchev–Trinajstić information content (AvgIpc) is 2.90. The third-order valence-corrected chi connectivity index (χ3v) is 3.81. The SMILES string of the molecule is CC1(C)COCCN1Cn1nccc1-c1ccncc1. The molecule has 0 radical (unpaired) electrons. The van der Waals surface area contributed by atoms with E-state index in [4.69, 9.17) is 4.74 Å². The van der Waals surface area contributed by atoms with Crippen LogP contribution in [0, 0.1) is 0 Å². The van der Waals surface area contributed by atoms with Crippen molar-refractivity contribution in [1.82, 2.24) is 19.7 Å². The number of pyridine rings is 1. The second-order valence-corrected chi connectivity index (χ2v) is 5.72. The van der Waals surface area contributed by atoms with Gasteiger partial charge in [0.05, 0.1) is 25.6 Å². The summed E-state index contributed by atoms with van der Waals surface area (Å²) in [4.78, 5) is 6.48. The molecular formula is C15H20N4O. The van der Waals surface area contributed by atoms with Gasteiger partial charge >= 0.3 is 0 Å². The molecule has 1 fully saturated rings. The molecule has 0 saturated carbocycles. The molecule has 106 valence electrons. The highest BCUT2D eigenvalue weighted by atomic mass is 16.5. The first-order valence-corrected chi connectivity index (χ1v) is 6.92. The lowest BCUT2D eigenvalue weighted by Crippen LogP contribution is -2.53. The Bertz CT molecular complexity index is 564. The van der Waals surface area contributed by atoms with Crippen LogP contribution in [-0.4, -0.2) is 45.0 Å². The van der Waals surface area contributed by atoms with E-state index in [2.05, 4.69) is 28.8 Å². The fraction of sp³-hybridized carbons (Fsp3) is 0.467. The number of hydrogen-bond acceptors (Lipinski definition) is 4. The Morgan fingerprint density at radius 1 is 1.20 bits per heavy atom. The van der Waals surface area contributed by atoms with Gasteiger partial charge in [0.25, 0.3) is 0 Å². The van der Waals surface area contributed by atoms with Crippen molar-refractivity contribution in [3.63, 3.8) is 0 Å². The summed E-state index contributed by atoms with van der Waals surface area (Å²) in [5, 5.41) is 4.47. The first-order chi connectivity index (χ1) is 9.67. The zero-order valence-corrected chi connectivity index (χ0v) is 12.0. The quantitative estimate of drug-likeness (QED) is 0.857. The van der Waals surface area contributed by atoms with Crippen molar-refractivity contribution in [3.8, 4) is 11.3 Å². The number of ether oxygens (including phenoxy) is 1. The number of hydrogen-bond donors (Lipinski definition) is 0. The highest BCUT2D eigenvalue weighted by Gasteiger charge is 2.30. The second-order valence-electron chi connectivity index (χ2n) is 5.72. The van der Waals surface area contributed by atoms with Crippen LogP contribution in [0.5, 0.6) is 0 Å². The van der Waals surface area contributed by atoms with Gasteiger partial charge in [-0.3, -0.25) is 14.6 Å². The van der Waals surface area contributed by atoms with Gasteiger partial charge in [0.1, 0.15) is 0 Å². The zero-order valence-electron chi connectivity index (χ0n) is 12.0. The highest BCUT2D eigenvalue weighted by Crippen LogP contribution is 2.23. The van der Waals surface area contributed by atoms with Crippen LogP contribution in [0.3, 0.4) is 0 Å². The minimum Gasteiger partial charge on any atom is -0.378 e. The summed E-state index contributed by atoms with van der Waals surface area (Å²) in [6.07, 6.45) is 5.47. The number of nitrogens with zero attached hydrogens (tertiary/aromatic N) is 4. The van der Waals surface area contributed by atoms with E-state index < -0.39 is 0 Å². The molecule has 2 aromatic heterocycles. The fourth-order valence-corrected chi connectivity index (χ4v) is 2.53. The Labute approximate surface area is 119 Å². The van der Waals surface area contributed by atoms with Crippen LogP contribution in [-0.2, 0) is 11.4 Å². The van der Waals surface area contributed by atoms with Crippen molar-refractivity contribution in [1.29, 1.82) is 0 Å². The van der Waals surface area contributed by atoms with E-state index in [0.717, 1.165) is 37.7 Å². The molecule has 2 aromatic rings. The maximum Gasteiger partial charge on any atom is 0.0941 e. The Kier molecular flexibility index (Phi) is 3.54. The summed E-state index contributed by atoms with van der Waals surface area (Å²) in [7, 11) is 0. The van der Waals surface area contributed by atoms with Gasteiger partial charge in [-0.1, -0.05) is 0 Å². The van der Waals surface area contributed by atoms with Crippen LogP contribution in [0.1, 0.15) is 13.8 Å². The fourth-order valence-electron chi connectivity index (χ4n) is 2.53. The molecule has 5 nitrogen and oxygen atoms in total. The van der Waals surface area contributed by atoms with Crippen molar-refractivity contribution < 1.29 is 4.74 Å². The minimum atomic E-state index is 0.0414. The molecule has 1 aliphatic heterocycles. The second kappa shape index (κ2) is 5.34. The van der Waals surface area contributed by atoms with Crippen LogP contribution >= 0.6 is 0 Å². The summed E-state index contributed by atoms with van der Waals surface area (Å²) < 4.78 is 7.61. The van der Waals surface area contributed by atoms with Crippen molar-refractivity contribution in [2.75, 3.05) is 19.8 Å². The summed E-state index contributed by atoms with van der Waals surface area (Å²) in [6.45, 7) is 7.68. The van der Waals surface area contributed by atoms with E-state index in [-0.39, 0.29) is 5.54 Å². The lowest BCUT2D eigenvalue weighted by atomic mass is 10.0. The van der Waals surface area contributed by atoms with Crippen LogP contribution in [0.15, 0.2) is 36.8 Å². The van der Waals surface area contributed by atoms with E-state index in [9.17, 15) is 0 Å². The van der Waals surface area contributed by atoms with Crippen LogP contribution in [0.25, 0.3) is 11.3 Å². The Hall–Kier alpha value is -1.72. The van der Waals surface area contributed by atoms with Gasteiger partial charge in [-0.15, -0.1) is 0 Å². The molecule has 0 unspecified atom stereocenters. The lowest BCUT2D eigenvalue weighted by molar-refractivity contribution is -0.0671. The molecule has 0 spiro atoms. The molecule has 20 heavy (non-hydrogen) atoms. The normalized spacial score (nSPS) is 19.1. The minimum absolute atomic E-state index is 0.0414. The number of aromatic nitrogens is 3. The van der Waals surface area contributed by atoms with Crippen molar-refractivity contribution in [2.45, 2.75) is 26.1 Å². The standard InChI is InChI=1S/C15H20N4O/c1-15(2)11-20-10-9-18(15)12-19-14(5-8-17-19)13-3-6-16-7-4-13/h3-8H,9-12H2,1-2H3. The predicted molar refractivity (Wildman–Crippen MR) is 77.1 cm³/mol. The van der Waals surface area contributed by atoms with Gasteiger partial charge in [-0.25, -0.2) is 0 Å². The maximum absolute atomic E-state index is 5.57. The predicted octanol–water partition coefficient (Wildman–Crippen LogP) is 2.01. The van der Waals surface area contributed by atoms with E-state index in [1.807, 2.05) is 41.5 Å². The Morgan fingerprint density at radius 3 is 2.75 bits per heavy atom. The van der Waals surface area contributed by atoms with E-state index in [1.165, 1.54) is 0 Å². The van der Waals surface area contributed by atoms with Gasteiger partial charge in [-0.05, 0) is 32.0 Å². The molecule has 1 saturated heterocycles. The largest absolute Gasteiger partial charge is 0.378 e. The third kappa shape index (κ3) is 2.59. The molecular weight excluding hydrogens is 252 g/mol. The van der Waals surface area contributed by atoms with Gasteiger partial charge in [0.15, 0.2) is 0 Å².